The number of hydrogen-bond acceptors (Lipinski definition) is 4. The molecule has 0 atom stereocenters. The maximum absolute atomic E-state index is 11.7. The minimum Gasteiger partial charge on any atom is -0.495 e. The van der Waals surface area contributed by atoms with Crippen LogP contribution in [0.2, 0.25) is 0 Å². The van der Waals surface area contributed by atoms with Gasteiger partial charge >= 0.3 is 6.03 Å². The zero-order valence-electron chi connectivity index (χ0n) is 9.10. The summed E-state index contributed by atoms with van der Waals surface area (Å²) in [6, 6.07) is 5.85. The third-order valence-electron chi connectivity index (χ3n) is 2.34. The van der Waals surface area contributed by atoms with Crippen LogP contribution in [-0.4, -0.2) is 25.0 Å². The molecule has 0 saturated carbocycles. The monoisotopic (exact) mass is 234 g/mol. The smallest absolute Gasteiger partial charge is 0.335 e. The highest BCUT2D eigenvalue weighted by atomic mass is 16.5. The molecule has 0 aromatic heterocycles. The van der Waals surface area contributed by atoms with Crippen LogP contribution in [-0.2, 0) is 9.59 Å². The van der Waals surface area contributed by atoms with Crippen LogP contribution in [0.3, 0.4) is 0 Å². The Morgan fingerprint density at radius 1 is 1.24 bits per heavy atom. The summed E-state index contributed by atoms with van der Waals surface area (Å²) < 4.78 is 5.06. The van der Waals surface area contributed by atoms with Gasteiger partial charge in [-0.25, -0.2) is 9.69 Å². The molecule has 0 bridgehead atoms. The molecule has 1 heterocycles. The van der Waals surface area contributed by atoms with Crippen molar-refractivity contribution in [2.75, 3.05) is 12.0 Å². The summed E-state index contributed by atoms with van der Waals surface area (Å²) >= 11 is 0. The van der Waals surface area contributed by atoms with Gasteiger partial charge in [0.1, 0.15) is 12.2 Å². The van der Waals surface area contributed by atoms with Crippen LogP contribution >= 0.6 is 0 Å². The fourth-order valence-corrected chi connectivity index (χ4v) is 1.61. The number of para-hydroxylation sites is 2. The van der Waals surface area contributed by atoms with E-state index in [1.54, 1.807) is 24.3 Å². The number of carbonyl (C=O) groups excluding carboxylic acids is 3. The zero-order valence-corrected chi connectivity index (χ0v) is 9.10. The molecule has 2 rings (SSSR count). The Morgan fingerprint density at radius 2 is 1.94 bits per heavy atom. The van der Waals surface area contributed by atoms with Gasteiger partial charge in [0.2, 0.25) is 11.8 Å². The van der Waals surface area contributed by atoms with Gasteiger partial charge in [-0.15, -0.1) is 0 Å². The lowest BCUT2D eigenvalue weighted by atomic mass is 10.2. The van der Waals surface area contributed by atoms with Crippen molar-refractivity contribution in [1.29, 1.82) is 0 Å². The van der Waals surface area contributed by atoms with E-state index in [2.05, 4.69) is 5.32 Å². The van der Waals surface area contributed by atoms with E-state index in [4.69, 9.17) is 4.74 Å². The molecule has 1 saturated heterocycles. The minimum absolute atomic E-state index is 0.324. The molecular weight excluding hydrogens is 224 g/mol. The van der Waals surface area contributed by atoms with E-state index < -0.39 is 17.8 Å². The topological polar surface area (TPSA) is 75.7 Å². The van der Waals surface area contributed by atoms with Gasteiger partial charge < -0.3 is 4.74 Å². The predicted octanol–water partition coefficient (Wildman–Crippen LogP) is 0.668. The molecule has 1 N–H and O–H groups in total. The molecule has 4 amide bonds. The van der Waals surface area contributed by atoms with Gasteiger partial charge in [-0.3, -0.25) is 14.9 Å². The first-order valence-electron chi connectivity index (χ1n) is 4.93. The summed E-state index contributed by atoms with van der Waals surface area (Å²) in [5.41, 5.74) is 0.324. The summed E-state index contributed by atoms with van der Waals surface area (Å²) in [6.07, 6.45) is -0.343. The Hall–Kier alpha value is -2.37. The van der Waals surface area contributed by atoms with Gasteiger partial charge in [-0.2, -0.15) is 0 Å². The molecule has 1 aliphatic heterocycles. The van der Waals surface area contributed by atoms with Crippen molar-refractivity contribution in [2.24, 2.45) is 0 Å². The Bertz CT molecular complexity index is 478. The lowest BCUT2D eigenvalue weighted by Gasteiger charge is -2.25. The summed E-state index contributed by atoms with van der Waals surface area (Å²) in [4.78, 5) is 35.2. The van der Waals surface area contributed by atoms with Crippen molar-refractivity contribution in [3.05, 3.63) is 24.3 Å². The Morgan fingerprint density at radius 3 is 2.59 bits per heavy atom. The van der Waals surface area contributed by atoms with E-state index in [0.717, 1.165) is 4.90 Å². The molecule has 0 aliphatic carbocycles. The molecule has 6 heteroatoms. The second kappa shape index (κ2) is 4.25. The number of urea groups is 1. The quantitative estimate of drug-likeness (QED) is 0.763. The molecule has 1 aliphatic rings. The number of imide groups is 2. The van der Waals surface area contributed by atoms with Crippen LogP contribution < -0.4 is 15.0 Å². The molecule has 0 radical (unpaired) electrons. The summed E-state index contributed by atoms with van der Waals surface area (Å²) in [5.74, 6) is -0.764. The van der Waals surface area contributed by atoms with Crippen molar-refractivity contribution in [3.8, 4) is 5.75 Å². The van der Waals surface area contributed by atoms with Crippen molar-refractivity contribution in [1.82, 2.24) is 5.32 Å². The fraction of sp³-hybridized carbons (Fsp3) is 0.182. The van der Waals surface area contributed by atoms with Gasteiger partial charge in [0.25, 0.3) is 0 Å². The largest absolute Gasteiger partial charge is 0.495 e. The number of rotatable bonds is 2. The van der Waals surface area contributed by atoms with Crippen LogP contribution in [0.1, 0.15) is 6.42 Å². The number of amides is 4. The van der Waals surface area contributed by atoms with E-state index >= 15 is 0 Å². The highest BCUT2D eigenvalue weighted by molar-refractivity contribution is 6.26. The standard InChI is InChI=1S/C11H10N2O4/c1-17-8-5-3-2-4-7(8)13-10(15)6-9(14)12-11(13)16/h2-5H,6H2,1H3,(H,12,14,16). The SMILES string of the molecule is COc1ccccc1N1C(=O)CC(=O)NC1=O. The predicted molar refractivity (Wildman–Crippen MR) is 58.6 cm³/mol. The van der Waals surface area contributed by atoms with Gasteiger partial charge in [-0.05, 0) is 12.1 Å². The molecular formula is C11H10N2O4. The first kappa shape index (κ1) is 11.1. The molecule has 17 heavy (non-hydrogen) atoms. The number of nitrogens with one attached hydrogen (secondary N) is 1. The van der Waals surface area contributed by atoms with E-state index in [-0.39, 0.29) is 6.42 Å². The van der Waals surface area contributed by atoms with E-state index in [1.807, 2.05) is 0 Å². The fourth-order valence-electron chi connectivity index (χ4n) is 1.61. The van der Waals surface area contributed by atoms with Crippen LogP contribution in [0.15, 0.2) is 24.3 Å². The van der Waals surface area contributed by atoms with Crippen LogP contribution in [0.25, 0.3) is 0 Å². The van der Waals surface area contributed by atoms with E-state index in [0.29, 0.717) is 11.4 Å². The van der Waals surface area contributed by atoms with E-state index in [1.165, 1.54) is 7.11 Å². The summed E-state index contributed by atoms with van der Waals surface area (Å²) in [7, 11) is 1.44. The number of ether oxygens (including phenoxy) is 1. The molecule has 0 unspecified atom stereocenters. The molecule has 1 fully saturated rings. The minimum atomic E-state index is -0.754. The Kier molecular flexibility index (Phi) is 2.78. The highest BCUT2D eigenvalue weighted by Gasteiger charge is 2.33. The van der Waals surface area contributed by atoms with Crippen molar-refractivity contribution >= 4 is 23.5 Å². The molecule has 0 spiro atoms. The van der Waals surface area contributed by atoms with Crippen LogP contribution in [0, 0.1) is 0 Å². The Labute approximate surface area is 97.2 Å². The lowest BCUT2D eigenvalue weighted by molar-refractivity contribution is -0.128. The average molecular weight is 234 g/mol. The number of benzene rings is 1. The number of methoxy groups -OCH3 is 1. The van der Waals surface area contributed by atoms with Gasteiger partial charge in [0, 0.05) is 0 Å². The zero-order chi connectivity index (χ0) is 12.4. The van der Waals surface area contributed by atoms with Crippen molar-refractivity contribution in [3.63, 3.8) is 0 Å². The third-order valence-corrected chi connectivity index (χ3v) is 2.34. The maximum atomic E-state index is 11.7. The normalized spacial score (nSPS) is 15.8. The van der Waals surface area contributed by atoms with Crippen molar-refractivity contribution < 1.29 is 19.1 Å². The second-order valence-electron chi connectivity index (χ2n) is 3.43. The average Bonchev–Trinajstić information content (AvgIpc) is 2.28. The highest BCUT2D eigenvalue weighted by Crippen LogP contribution is 2.29. The Balaban J connectivity index is 2.42. The van der Waals surface area contributed by atoms with Crippen LogP contribution in [0.5, 0.6) is 5.75 Å². The van der Waals surface area contributed by atoms with Gasteiger partial charge in [-0.1, -0.05) is 12.1 Å². The van der Waals surface area contributed by atoms with Gasteiger partial charge in [0.05, 0.1) is 12.8 Å². The third kappa shape index (κ3) is 1.96. The molecule has 88 valence electrons. The number of nitrogens with zero attached hydrogens (tertiary/aromatic N) is 1. The summed E-state index contributed by atoms with van der Waals surface area (Å²) in [5, 5.41) is 2.08. The molecule has 6 nitrogen and oxygen atoms in total. The molecule has 1 aromatic rings. The maximum Gasteiger partial charge on any atom is 0.335 e. The molecule has 1 aromatic carbocycles. The number of carbonyl (C=O) groups is 3. The first-order valence-corrected chi connectivity index (χ1v) is 4.93. The van der Waals surface area contributed by atoms with E-state index in [9.17, 15) is 14.4 Å². The van der Waals surface area contributed by atoms with Gasteiger partial charge in [0.15, 0.2) is 0 Å². The number of hydrogen-bond donors (Lipinski definition) is 1. The second-order valence-corrected chi connectivity index (χ2v) is 3.43. The van der Waals surface area contributed by atoms with Crippen LogP contribution in [0.4, 0.5) is 10.5 Å². The number of anilines is 1. The number of barbiturate groups is 1. The first-order chi connectivity index (χ1) is 8.13. The van der Waals surface area contributed by atoms with Crippen molar-refractivity contribution in [2.45, 2.75) is 6.42 Å². The lowest BCUT2D eigenvalue weighted by Crippen LogP contribution is -2.53. The summed E-state index contributed by atoms with van der Waals surface area (Å²) in [6.45, 7) is 0.